The average molecular weight is 359 g/mol. The first-order valence-corrected chi connectivity index (χ1v) is 7.66. The lowest BCUT2D eigenvalue weighted by atomic mass is 10.1. The average Bonchev–Trinajstić information content (AvgIpc) is 3.21. The molecule has 0 aliphatic carbocycles. The van der Waals surface area contributed by atoms with Crippen molar-refractivity contribution in [2.24, 2.45) is 0 Å². The molecule has 1 aliphatic rings. The number of ether oxygens (including phenoxy) is 3. The molecule has 136 valence electrons. The van der Waals surface area contributed by atoms with E-state index < -0.39 is 11.9 Å². The minimum absolute atomic E-state index is 0.0423. The van der Waals surface area contributed by atoms with Gasteiger partial charge in [-0.3, -0.25) is 0 Å². The van der Waals surface area contributed by atoms with Crippen molar-refractivity contribution in [1.29, 1.82) is 0 Å². The van der Waals surface area contributed by atoms with Crippen LogP contribution in [0.25, 0.3) is 5.69 Å². The van der Waals surface area contributed by atoms with Crippen LogP contribution in [0.2, 0.25) is 0 Å². The summed E-state index contributed by atoms with van der Waals surface area (Å²) >= 11 is 0. The number of hydrogen-bond acceptors (Lipinski definition) is 9. The van der Waals surface area contributed by atoms with Gasteiger partial charge in [0, 0.05) is 5.69 Å². The topological polar surface area (TPSA) is 109 Å². The van der Waals surface area contributed by atoms with Gasteiger partial charge in [0.15, 0.2) is 0 Å². The Kier molecular flexibility index (Phi) is 4.94. The minimum Gasteiger partial charge on any atom is -0.466 e. The van der Waals surface area contributed by atoms with E-state index in [1.165, 1.54) is 25.2 Å². The molecule has 2 heterocycles. The molecule has 10 nitrogen and oxygen atoms in total. The van der Waals surface area contributed by atoms with Gasteiger partial charge >= 0.3 is 11.9 Å². The fraction of sp³-hybridized carbons (Fsp3) is 0.312. The maximum absolute atomic E-state index is 12.4. The number of hydrogen-bond donors (Lipinski definition) is 0. The number of rotatable bonds is 4. The van der Waals surface area contributed by atoms with Crippen LogP contribution in [0.1, 0.15) is 5.56 Å². The Labute approximate surface area is 148 Å². The third-order valence-electron chi connectivity index (χ3n) is 3.93. The molecule has 1 aromatic heterocycles. The second kappa shape index (κ2) is 7.31. The van der Waals surface area contributed by atoms with Crippen LogP contribution in [0.4, 0.5) is 5.69 Å². The van der Waals surface area contributed by atoms with E-state index in [2.05, 4.69) is 15.5 Å². The van der Waals surface area contributed by atoms with Gasteiger partial charge in [-0.05, 0) is 35.0 Å². The standard InChI is InChI=1S/C16H17N5O5/c1-10-4-5-11(21-8-17-18-19-21)6-13(10)20-9-26-7-12(15(22)24-2)14(20)16(23)25-3/h4-6,8H,7,9H2,1-3H3. The van der Waals surface area contributed by atoms with Crippen LogP contribution in [0.3, 0.4) is 0 Å². The van der Waals surface area contributed by atoms with Gasteiger partial charge < -0.3 is 19.1 Å². The molecular weight excluding hydrogens is 342 g/mol. The molecule has 0 amide bonds. The van der Waals surface area contributed by atoms with Gasteiger partial charge in [-0.25, -0.2) is 14.3 Å². The first-order valence-electron chi connectivity index (χ1n) is 7.66. The first-order chi connectivity index (χ1) is 12.6. The molecule has 0 bridgehead atoms. The lowest BCUT2D eigenvalue weighted by Crippen LogP contribution is -2.39. The molecule has 0 radical (unpaired) electrons. The molecule has 2 aromatic rings. The molecule has 1 aromatic carbocycles. The van der Waals surface area contributed by atoms with Crippen LogP contribution < -0.4 is 4.90 Å². The van der Waals surface area contributed by atoms with Gasteiger partial charge in [0.2, 0.25) is 0 Å². The Morgan fingerprint density at radius 3 is 2.62 bits per heavy atom. The van der Waals surface area contributed by atoms with Crippen LogP contribution in [-0.2, 0) is 23.8 Å². The van der Waals surface area contributed by atoms with Crippen molar-refractivity contribution in [3.8, 4) is 5.69 Å². The second-order valence-corrected chi connectivity index (χ2v) is 5.44. The largest absolute Gasteiger partial charge is 0.466 e. The smallest absolute Gasteiger partial charge is 0.355 e. The highest BCUT2D eigenvalue weighted by Gasteiger charge is 2.33. The van der Waals surface area contributed by atoms with E-state index in [-0.39, 0.29) is 24.6 Å². The van der Waals surface area contributed by atoms with Gasteiger partial charge in [0.25, 0.3) is 0 Å². The van der Waals surface area contributed by atoms with Gasteiger partial charge in [-0.1, -0.05) is 6.07 Å². The van der Waals surface area contributed by atoms with Gasteiger partial charge in [-0.15, -0.1) is 5.10 Å². The van der Waals surface area contributed by atoms with Crippen molar-refractivity contribution in [3.05, 3.63) is 41.4 Å². The summed E-state index contributed by atoms with van der Waals surface area (Å²) in [4.78, 5) is 26.0. The third kappa shape index (κ3) is 3.14. The quantitative estimate of drug-likeness (QED) is 0.715. The maximum atomic E-state index is 12.4. The summed E-state index contributed by atoms with van der Waals surface area (Å²) in [6.45, 7) is 1.91. The predicted molar refractivity (Wildman–Crippen MR) is 88.2 cm³/mol. The van der Waals surface area contributed by atoms with Crippen LogP contribution in [-0.4, -0.2) is 59.7 Å². The molecule has 26 heavy (non-hydrogen) atoms. The van der Waals surface area contributed by atoms with E-state index in [0.29, 0.717) is 11.4 Å². The summed E-state index contributed by atoms with van der Waals surface area (Å²) in [5.41, 5.74) is 2.38. The number of nitrogens with zero attached hydrogens (tertiary/aromatic N) is 5. The molecule has 0 unspecified atom stereocenters. The number of esters is 2. The fourth-order valence-electron chi connectivity index (χ4n) is 2.64. The van der Waals surface area contributed by atoms with Gasteiger partial charge in [0.05, 0.1) is 32.1 Å². The van der Waals surface area contributed by atoms with Crippen LogP contribution in [0.15, 0.2) is 35.8 Å². The molecule has 0 saturated heterocycles. The Morgan fingerprint density at radius 1 is 1.19 bits per heavy atom. The molecule has 0 atom stereocenters. The molecule has 0 spiro atoms. The van der Waals surface area contributed by atoms with Crippen LogP contribution in [0, 0.1) is 6.92 Å². The van der Waals surface area contributed by atoms with Gasteiger partial charge in [0.1, 0.15) is 18.8 Å². The zero-order valence-electron chi connectivity index (χ0n) is 14.5. The molecule has 0 N–H and O–H groups in total. The van der Waals surface area contributed by atoms with E-state index >= 15 is 0 Å². The van der Waals surface area contributed by atoms with E-state index in [0.717, 1.165) is 5.56 Å². The predicted octanol–water partition coefficient (Wildman–Crippen LogP) is 0.365. The molecule has 10 heteroatoms. The normalized spacial score (nSPS) is 14.3. The number of anilines is 1. The summed E-state index contributed by atoms with van der Waals surface area (Å²) in [5, 5.41) is 11.1. The fourth-order valence-corrected chi connectivity index (χ4v) is 2.64. The number of tetrazole rings is 1. The van der Waals surface area contributed by atoms with E-state index in [9.17, 15) is 9.59 Å². The summed E-state index contributed by atoms with van der Waals surface area (Å²) in [7, 11) is 2.50. The third-order valence-corrected chi connectivity index (χ3v) is 3.93. The Balaban J connectivity index is 2.13. The number of benzene rings is 1. The number of methoxy groups -OCH3 is 2. The lowest BCUT2D eigenvalue weighted by Gasteiger charge is -2.32. The zero-order valence-corrected chi connectivity index (χ0v) is 14.5. The highest BCUT2D eigenvalue weighted by molar-refractivity contribution is 6.03. The molecule has 3 rings (SSSR count). The van der Waals surface area contributed by atoms with Crippen molar-refractivity contribution in [2.75, 3.05) is 32.5 Å². The Hall–Kier alpha value is -3.27. The van der Waals surface area contributed by atoms with Gasteiger partial charge in [-0.2, -0.15) is 0 Å². The maximum Gasteiger partial charge on any atom is 0.355 e. The molecule has 1 aliphatic heterocycles. The minimum atomic E-state index is -0.652. The Bertz CT molecular complexity index is 862. The SMILES string of the molecule is COC(=O)C1=C(C(=O)OC)N(c2cc(-n3cnnn3)ccc2C)COC1. The number of aromatic nitrogens is 4. The van der Waals surface area contributed by atoms with Crippen molar-refractivity contribution >= 4 is 17.6 Å². The Morgan fingerprint density at radius 2 is 1.96 bits per heavy atom. The van der Waals surface area contributed by atoms with Crippen molar-refractivity contribution in [2.45, 2.75) is 6.92 Å². The summed E-state index contributed by atoms with van der Waals surface area (Å²) in [6, 6.07) is 5.48. The number of aryl methyl sites for hydroxylation is 1. The van der Waals surface area contributed by atoms with Crippen molar-refractivity contribution in [3.63, 3.8) is 0 Å². The lowest BCUT2D eigenvalue weighted by molar-refractivity contribution is -0.140. The number of carbonyl (C=O) groups excluding carboxylic acids is 2. The van der Waals surface area contributed by atoms with Crippen LogP contribution in [0.5, 0.6) is 0 Å². The number of carbonyl (C=O) groups is 2. The van der Waals surface area contributed by atoms with E-state index in [4.69, 9.17) is 14.2 Å². The highest BCUT2D eigenvalue weighted by atomic mass is 16.5. The summed E-state index contributed by atoms with van der Waals surface area (Å²) < 4.78 is 16.6. The summed E-state index contributed by atoms with van der Waals surface area (Å²) in [6.07, 6.45) is 1.46. The highest BCUT2D eigenvalue weighted by Crippen LogP contribution is 2.30. The van der Waals surface area contributed by atoms with Crippen molar-refractivity contribution < 1.29 is 23.8 Å². The second-order valence-electron chi connectivity index (χ2n) is 5.44. The van der Waals surface area contributed by atoms with Crippen LogP contribution >= 0.6 is 0 Å². The van der Waals surface area contributed by atoms with Crippen molar-refractivity contribution in [1.82, 2.24) is 20.2 Å². The first kappa shape index (κ1) is 17.5. The molecule has 0 fully saturated rings. The molecule has 0 saturated carbocycles. The zero-order chi connectivity index (χ0) is 18.7. The molecular formula is C16H17N5O5. The monoisotopic (exact) mass is 359 g/mol. The van der Waals surface area contributed by atoms with E-state index in [1.54, 1.807) is 11.0 Å². The van der Waals surface area contributed by atoms with E-state index in [1.807, 2.05) is 19.1 Å². The summed E-state index contributed by atoms with van der Waals surface area (Å²) in [5.74, 6) is -1.30.